The second kappa shape index (κ2) is 5.93. The standard InChI is InChI=1S/C16H18N4O/c1-11(2)17-10-15-19-20-16(21-15)18-14-8-7-12-5-3-4-6-13(12)9-14/h3-9,11,17H,10H2,1-2H3,(H,18,20). The molecule has 0 aliphatic heterocycles. The molecule has 5 heteroatoms. The molecule has 0 atom stereocenters. The molecule has 108 valence electrons. The Bertz CT molecular complexity index is 736. The van der Waals surface area contributed by atoms with Crippen LogP contribution in [-0.4, -0.2) is 16.2 Å². The summed E-state index contributed by atoms with van der Waals surface area (Å²) in [6.45, 7) is 4.72. The van der Waals surface area contributed by atoms with Gasteiger partial charge in [-0.2, -0.15) is 0 Å². The van der Waals surface area contributed by atoms with Gasteiger partial charge in [0.15, 0.2) is 0 Å². The van der Waals surface area contributed by atoms with E-state index in [1.807, 2.05) is 18.2 Å². The molecule has 0 bridgehead atoms. The molecule has 1 aromatic heterocycles. The van der Waals surface area contributed by atoms with Gasteiger partial charge in [-0.3, -0.25) is 0 Å². The quantitative estimate of drug-likeness (QED) is 0.750. The van der Waals surface area contributed by atoms with Crippen molar-refractivity contribution in [1.82, 2.24) is 15.5 Å². The van der Waals surface area contributed by atoms with E-state index in [1.165, 1.54) is 10.8 Å². The van der Waals surface area contributed by atoms with Crippen LogP contribution in [0.5, 0.6) is 0 Å². The van der Waals surface area contributed by atoms with Crippen molar-refractivity contribution in [2.45, 2.75) is 26.4 Å². The maximum absolute atomic E-state index is 5.55. The first-order chi connectivity index (χ1) is 10.2. The minimum Gasteiger partial charge on any atom is -0.406 e. The lowest BCUT2D eigenvalue weighted by atomic mass is 10.1. The topological polar surface area (TPSA) is 63.0 Å². The predicted octanol–water partition coefficient (Wildman–Crippen LogP) is 3.46. The second-order valence-electron chi connectivity index (χ2n) is 5.22. The Labute approximate surface area is 123 Å². The fraction of sp³-hybridized carbons (Fsp3) is 0.250. The summed E-state index contributed by atoms with van der Waals surface area (Å²) in [4.78, 5) is 0. The van der Waals surface area contributed by atoms with E-state index >= 15 is 0 Å². The SMILES string of the molecule is CC(C)NCc1nnc(Nc2ccc3ccccc3c2)o1. The first kappa shape index (κ1) is 13.6. The van der Waals surface area contributed by atoms with Crippen LogP contribution in [0.1, 0.15) is 19.7 Å². The van der Waals surface area contributed by atoms with Crippen molar-refractivity contribution >= 4 is 22.5 Å². The molecule has 0 amide bonds. The molecule has 2 aromatic carbocycles. The second-order valence-corrected chi connectivity index (χ2v) is 5.22. The summed E-state index contributed by atoms with van der Waals surface area (Å²) in [5.74, 6) is 0.576. The van der Waals surface area contributed by atoms with E-state index in [9.17, 15) is 0 Å². The van der Waals surface area contributed by atoms with Crippen LogP contribution in [0.4, 0.5) is 11.7 Å². The fourth-order valence-corrected chi connectivity index (χ4v) is 2.06. The minimum atomic E-state index is 0.383. The number of hydrogen-bond donors (Lipinski definition) is 2. The molecule has 3 rings (SSSR count). The Hall–Kier alpha value is -2.40. The molecule has 0 fully saturated rings. The predicted molar refractivity (Wildman–Crippen MR) is 83.5 cm³/mol. The Morgan fingerprint density at radius 2 is 1.86 bits per heavy atom. The van der Waals surface area contributed by atoms with Crippen molar-refractivity contribution in [3.8, 4) is 0 Å². The van der Waals surface area contributed by atoms with Crippen LogP contribution in [0.2, 0.25) is 0 Å². The summed E-state index contributed by atoms with van der Waals surface area (Å²) in [7, 11) is 0. The van der Waals surface area contributed by atoms with Gasteiger partial charge in [0, 0.05) is 11.7 Å². The highest BCUT2D eigenvalue weighted by atomic mass is 16.4. The molecule has 21 heavy (non-hydrogen) atoms. The first-order valence-electron chi connectivity index (χ1n) is 7.02. The van der Waals surface area contributed by atoms with Gasteiger partial charge in [0.1, 0.15) is 0 Å². The number of rotatable bonds is 5. The van der Waals surface area contributed by atoms with Crippen LogP contribution >= 0.6 is 0 Å². The number of fused-ring (bicyclic) bond motifs is 1. The van der Waals surface area contributed by atoms with Crippen LogP contribution in [0, 0.1) is 0 Å². The van der Waals surface area contributed by atoms with Crippen molar-refractivity contribution < 1.29 is 4.42 Å². The third-order valence-corrected chi connectivity index (χ3v) is 3.13. The molecule has 3 aromatic rings. The van der Waals surface area contributed by atoms with E-state index < -0.39 is 0 Å². The van der Waals surface area contributed by atoms with Gasteiger partial charge in [-0.05, 0) is 22.9 Å². The van der Waals surface area contributed by atoms with Crippen LogP contribution in [0.15, 0.2) is 46.9 Å². The Morgan fingerprint density at radius 1 is 1.05 bits per heavy atom. The lowest BCUT2D eigenvalue weighted by Gasteiger charge is -2.04. The molecule has 2 N–H and O–H groups in total. The number of nitrogens with one attached hydrogen (secondary N) is 2. The zero-order valence-corrected chi connectivity index (χ0v) is 12.1. The zero-order valence-electron chi connectivity index (χ0n) is 12.1. The molecule has 0 aliphatic rings. The monoisotopic (exact) mass is 282 g/mol. The van der Waals surface area contributed by atoms with Gasteiger partial charge in [0.25, 0.3) is 0 Å². The third-order valence-electron chi connectivity index (χ3n) is 3.13. The largest absolute Gasteiger partial charge is 0.406 e. The van der Waals surface area contributed by atoms with E-state index in [1.54, 1.807) is 0 Å². The summed E-state index contributed by atoms with van der Waals surface area (Å²) in [6.07, 6.45) is 0. The molecular weight excluding hydrogens is 264 g/mol. The highest BCUT2D eigenvalue weighted by molar-refractivity contribution is 5.86. The summed E-state index contributed by atoms with van der Waals surface area (Å²) in [5.41, 5.74) is 0.931. The summed E-state index contributed by atoms with van der Waals surface area (Å²) >= 11 is 0. The fourth-order valence-electron chi connectivity index (χ4n) is 2.06. The first-order valence-corrected chi connectivity index (χ1v) is 7.02. The highest BCUT2D eigenvalue weighted by Gasteiger charge is 2.07. The molecule has 5 nitrogen and oxygen atoms in total. The number of nitrogens with zero attached hydrogens (tertiary/aromatic N) is 2. The van der Waals surface area contributed by atoms with Crippen molar-refractivity contribution in [3.63, 3.8) is 0 Å². The molecule has 0 aliphatic carbocycles. The summed E-state index contributed by atoms with van der Waals surface area (Å²) < 4.78 is 5.55. The zero-order chi connectivity index (χ0) is 14.7. The van der Waals surface area contributed by atoms with E-state index in [-0.39, 0.29) is 0 Å². The summed E-state index contributed by atoms with van der Waals surface area (Å²) in [5, 5.41) is 16.8. The van der Waals surface area contributed by atoms with Crippen LogP contribution in [0.3, 0.4) is 0 Å². The number of anilines is 2. The molecule has 0 radical (unpaired) electrons. The van der Waals surface area contributed by atoms with Gasteiger partial charge in [-0.15, -0.1) is 5.10 Å². The van der Waals surface area contributed by atoms with E-state index in [2.05, 4.69) is 58.9 Å². The Balaban J connectivity index is 1.72. The lowest BCUT2D eigenvalue weighted by molar-refractivity contribution is 0.460. The smallest absolute Gasteiger partial charge is 0.320 e. The van der Waals surface area contributed by atoms with Gasteiger partial charge < -0.3 is 15.1 Å². The molecular formula is C16H18N4O. The third kappa shape index (κ3) is 3.38. The maximum Gasteiger partial charge on any atom is 0.320 e. The number of aromatic nitrogens is 2. The van der Waals surface area contributed by atoms with Gasteiger partial charge in [-0.1, -0.05) is 49.3 Å². The van der Waals surface area contributed by atoms with E-state index in [0.717, 1.165) is 5.69 Å². The average Bonchev–Trinajstić information content (AvgIpc) is 2.92. The Kier molecular flexibility index (Phi) is 3.83. The van der Waals surface area contributed by atoms with Crippen LogP contribution in [-0.2, 0) is 6.54 Å². The van der Waals surface area contributed by atoms with Crippen LogP contribution < -0.4 is 10.6 Å². The Morgan fingerprint density at radius 3 is 2.67 bits per heavy atom. The lowest BCUT2D eigenvalue weighted by Crippen LogP contribution is -2.21. The summed E-state index contributed by atoms with van der Waals surface area (Å²) in [6, 6.07) is 15.1. The van der Waals surface area contributed by atoms with Crippen molar-refractivity contribution in [2.24, 2.45) is 0 Å². The normalized spacial score (nSPS) is 11.2. The molecule has 0 saturated heterocycles. The van der Waals surface area contributed by atoms with E-state index in [4.69, 9.17) is 4.42 Å². The van der Waals surface area contributed by atoms with Gasteiger partial charge in [0.2, 0.25) is 5.89 Å². The van der Waals surface area contributed by atoms with E-state index in [0.29, 0.717) is 24.5 Å². The van der Waals surface area contributed by atoms with Crippen molar-refractivity contribution in [3.05, 3.63) is 48.4 Å². The van der Waals surface area contributed by atoms with Crippen LogP contribution in [0.25, 0.3) is 10.8 Å². The van der Waals surface area contributed by atoms with Crippen molar-refractivity contribution in [2.75, 3.05) is 5.32 Å². The van der Waals surface area contributed by atoms with Crippen molar-refractivity contribution in [1.29, 1.82) is 0 Å². The molecule has 0 spiro atoms. The minimum absolute atomic E-state index is 0.383. The molecule has 0 saturated carbocycles. The van der Waals surface area contributed by atoms with Gasteiger partial charge in [-0.25, -0.2) is 0 Å². The highest BCUT2D eigenvalue weighted by Crippen LogP contribution is 2.21. The number of benzene rings is 2. The van der Waals surface area contributed by atoms with Gasteiger partial charge in [0.05, 0.1) is 6.54 Å². The molecule has 0 unspecified atom stereocenters. The molecule has 1 heterocycles. The van der Waals surface area contributed by atoms with Gasteiger partial charge >= 0.3 is 6.01 Å². The average molecular weight is 282 g/mol. The number of hydrogen-bond acceptors (Lipinski definition) is 5. The maximum atomic E-state index is 5.55.